The molecule has 6 heteroatoms. The number of carbonyl (C=O) groups excluding carboxylic acids is 2. The second-order valence-electron chi connectivity index (χ2n) is 6.15. The van der Waals surface area contributed by atoms with Crippen molar-refractivity contribution in [3.63, 3.8) is 0 Å². The predicted molar refractivity (Wildman–Crippen MR) is 92.7 cm³/mol. The summed E-state index contributed by atoms with van der Waals surface area (Å²) in [5, 5.41) is 0. The van der Waals surface area contributed by atoms with Gasteiger partial charge in [-0.2, -0.15) is 0 Å². The summed E-state index contributed by atoms with van der Waals surface area (Å²) >= 11 is 0. The first kappa shape index (κ1) is 17.8. The van der Waals surface area contributed by atoms with Gasteiger partial charge in [0.05, 0.1) is 0 Å². The molecule has 0 spiro atoms. The van der Waals surface area contributed by atoms with Crippen LogP contribution in [0.25, 0.3) is 0 Å². The molecule has 3 rings (SSSR count). The number of halogens is 1. The maximum Gasteiger partial charge on any atom is 0.227 e. The molecule has 0 aromatic heterocycles. The Morgan fingerprint density at radius 1 is 1.26 bits per heavy atom. The zero-order valence-electron chi connectivity index (χ0n) is 13.2. The lowest BCUT2D eigenvalue weighted by atomic mass is 10.0. The molecule has 1 saturated heterocycles. The van der Waals surface area contributed by atoms with Crippen molar-refractivity contribution in [1.29, 1.82) is 0 Å². The third-order valence-electron chi connectivity index (χ3n) is 4.71. The van der Waals surface area contributed by atoms with Crippen molar-refractivity contribution in [2.75, 3.05) is 31.1 Å². The van der Waals surface area contributed by atoms with Crippen LogP contribution in [-0.2, 0) is 16.0 Å². The summed E-state index contributed by atoms with van der Waals surface area (Å²) in [4.78, 5) is 28.1. The second kappa shape index (κ2) is 7.79. The van der Waals surface area contributed by atoms with E-state index in [0.29, 0.717) is 31.8 Å². The van der Waals surface area contributed by atoms with Crippen LogP contribution in [0.4, 0.5) is 5.69 Å². The Kier molecular flexibility index (Phi) is 6.02. The number of fused-ring (bicyclic) bond motifs is 1. The van der Waals surface area contributed by atoms with Gasteiger partial charge in [0.1, 0.15) is 0 Å². The van der Waals surface area contributed by atoms with Crippen LogP contribution in [0.15, 0.2) is 24.3 Å². The lowest BCUT2D eigenvalue weighted by Gasteiger charge is -2.29. The Balaban J connectivity index is 0.00000192. The van der Waals surface area contributed by atoms with Gasteiger partial charge in [-0.05, 0) is 36.9 Å². The molecule has 1 aromatic rings. The molecule has 23 heavy (non-hydrogen) atoms. The van der Waals surface area contributed by atoms with E-state index in [2.05, 4.69) is 6.07 Å². The van der Waals surface area contributed by atoms with Crippen molar-refractivity contribution in [3.05, 3.63) is 29.8 Å². The summed E-state index contributed by atoms with van der Waals surface area (Å²) in [7, 11) is 0. The van der Waals surface area contributed by atoms with Gasteiger partial charge < -0.3 is 15.5 Å². The van der Waals surface area contributed by atoms with Gasteiger partial charge >= 0.3 is 0 Å². The van der Waals surface area contributed by atoms with Crippen molar-refractivity contribution < 1.29 is 9.59 Å². The molecule has 1 fully saturated rings. The third-order valence-corrected chi connectivity index (χ3v) is 4.71. The van der Waals surface area contributed by atoms with Gasteiger partial charge in [-0.25, -0.2) is 0 Å². The van der Waals surface area contributed by atoms with Gasteiger partial charge in [0.2, 0.25) is 11.8 Å². The van der Waals surface area contributed by atoms with Crippen LogP contribution in [0.2, 0.25) is 0 Å². The molecule has 1 atom stereocenters. The quantitative estimate of drug-likeness (QED) is 0.907. The van der Waals surface area contributed by atoms with E-state index in [1.807, 2.05) is 23.1 Å². The largest absolute Gasteiger partial charge is 0.342 e. The van der Waals surface area contributed by atoms with Crippen molar-refractivity contribution in [2.24, 2.45) is 11.7 Å². The van der Waals surface area contributed by atoms with Crippen molar-refractivity contribution in [1.82, 2.24) is 4.90 Å². The highest BCUT2D eigenvalue weighted by molar-refractivity contribution is 5.97. The zero-order chi connectivity index (χ0) is 15.5. The maximum absolute atomic E-state index is 12.3. The lowest BCUT2D eigenvalue weighted by Crippen LogP contribution is -2.39. The summed E-state index contributed by atoms with van der Waals surface area (Å²) in [5.41, 5.74) is 7.83. The van der Waals surface area contributed by atoms with E-state index in [4.69, 9.17) is 5.73 Å². The zero-order valence-corrected chi connectivity index (χ0v) is 14.1. The summed E-state index contributed by atoms with van der Waals surface area (Å²) in [6.07, 6.45) is 2.71. The highest BCUT2D eigenvalue weighted by atomic mass is 35.5. The van der Waals surface area contributed by atoms with E-state index in [9.17, 15) is 9.59 Å². The molecule has 2 heterocycles. The van der Waals surface area contributed by atoms with E-state index < -0.39 is 0 Å². The van der Waals surface area contributed by atoms with Crippen molar-refractivity contribution in [3.8, 4) is 0 Å². The Morgan fingerprint density at radius 2 is 2.04 bits per heavy atom. The SMILES string of the molecule is Cl.NCC1CCN(C(=O)CCN2C(=O)CCc3ccccc32)C1. The highest BCUT2D eigenvalue weighted by Crippen LogP contribution is 2.27. The summed E-state index contributed by atoms with van der Waals surface area (Å²) < 4.78 is 0. The van der Waals surface area contributed by atoms with E-state index in [1.54, 1.807) is 4.90 Å². The number of rotatable bonds is 4. The van der Waals surface area contributed by atoms with Crippen molar-refractivity contribution in [2.45, 2.75) is 25.7 Å². The molecular formula is C17H24ClN3O2. The van der Waals surface area contributed by atoms with E-state index in [0.717, 1.165) is 31.6 Å². The predicted octanol–water partition coefficient (Wildman–Crippen LogP) is 1.58. The number of benzene rings is 1. The topological polar surface area (TPSA) is 66.6 Å². The number of hydrogen-bond donors (Lipinski definition) is 1. The third kappa shape index (κ3) is 3.85. The number of carbonyl (C=O) groups is 2. The number of likely N-dealkylation sites (tertiary alicyclic amines) is 1. The van der Waals surface area contributed by atoms with E-state index in [-0.39, 0.29) is 24.2 Å². The Labute approximate surface area is 143 Å². The van der Waals surface area contributed by atoms with Gasteiger partial charge in [-0.1, -0.05) is 18.2 Å². The number of amides is 2. The lowest BCUT2D eigenvalue weighted by molar-refractivity contribution is -0.130. The summed E-state index contributed by atoms with van der Waals surface area (Å²) in [6.45, 7) is 2.67. The molecule has 0 saturated carbocycles. The molecule has 5 nitrogen and oxygen atoms in total. The number of nitrogens with zero attached hydrogens (tertiary/aromatic N) is 2. The molecule has 0 aliphatic carbocycles. The number of anilines is 1. The van der Waals surface area contributed by atoms with Gasteiger partial charge in [-0.15, -0.1) is 12.4 Å². The minimum Gasteiger partial charge on any atom is -0.342 e. The normalized spacial score (nSPS) is 20.2. The molecule has 1 unspecified atom stereocenters. The number of aryl methyl sites for hydroxylation is 1. The highest BCUT2D eigenvalue weighted by Gasteiger charge is 2.27. The molecule has 1 aromatic carbocycles. The Hall–Kier alpha value is -1.59. The molecule has 0 radical (unpaired) electrons. The van der Waals surface area contributed by atoms with Crippen LogP contribution in [0, 0.1) is 5.92 Å². The minimum absolute atomic E-state index is 0. The van der Waals surface area contributed by atoms with Crippen LogP contribution in [0.1, 0.15) is 24.8 Å². The smallest absolute Gasteiger partial charge is 0.227 e. The standard InChI is InChI=1S/C17H23N3O2.ClH/c18-11-13-7-9-19(12-13)16(21)8-10-20-15-4-2-1-3-14(15)5-6-17(20)22;/h1-4,13H,5-12,18H2;1H. The fourth-order valence-electron chi connectivity index (χ4n) is 3.36. The molecule has 2 N–H and O–H groups in total. The number of para-hydroxylation sites is 1. The van der Waals surface area contributed by atoms with Gasteiger partial charge in [-0.3, -0.25) is 9.59 Å². The van der Waals surface area contributed by atoms with Crippen LogP contribution in [0.3, 0.4) is 0 Å². The van der Waals surface area contributed by atoms with Gasteiger partial charge in [0.25, 0.3) is 0 Å². The van der Waals surface area contributed by atoms with E-state index >= 15 is 0 Å². The molecule has 126 valence electrons. The molecular weight excluding hydrogens is 314 g/mol. The first-order valence-corrected chi connectivity index (χ1v) is 8.05. The van der Waals surface area contributed by atoms with E-state index in [1.165, 1.54) is 5.56 Å². The second-order valence-corrected chi connectivity index (χ2v) is 6.15. The molecule has 2 aliphatic rings. The first-order valence-electron chi connectivity index (χ1n) is 8.05. The maximum atomic E-state index is 12.3. The molecule has 2 amide bonds. The fourth-order valence-corrected chi connectivity index (χ4v) is 3.36. The van der Waals surface area contributed by atoms with Crippen LogP contribution in [-0.4, -0.2) is 42.9 Å². The first-order chi connectivity index (χ1) is 10.7. The average molecular weight is 338 g/mol. The van der Waals surface area contributed by atoms with Crippen LogP contribution in [0.5, 0.6) is 0 Å². The summed E-state index contributed by atoms with van der Waals surface area (Å²) in [6, 6.07) is 7.97. The minimum atomic E-state index is 0. The summed E-state index contributed by atoms with van der Waals surface area (Å²) in [5.74, 6) is 0.681. The van der Waals surface area contributed by atoms with Gasteiger partial charge in [0.15, 0.2) is 0 Å². The molecule has 2 aliphatic heterocycles. The van der Waals surface area contributed by atoms with Gasteiger partial charge in [0, 0.05) is 38.2 Å². The monoisotopic (exact) mass is 337 g/mol. The number of hydrogen-bond acceptors (Lipinski definition) is 3. The van der Waals surface area contributed by atoms with Crippen molar-refractivity contribution >= 4 is 29.9 Å². The Morgan fingerprint density at radius 3 is 2.78 bits per heavy atom. The Bertz CT molecular complexity index is 579. The number of nitrogens with two attached hydrogens (primary N) is 1. The average Bonchev–Trinajstić information content (AvgIpc) is 3.03. The fraction of sp³-hybridized carbons (Fsp3) is 0.529. The van der Waals surface area contributed by atoms with Crippen LogP contribution < -0.4 is 10.6 Å². The molecule has 0 bridgehead atoms. The van der Waals surface area contributed by atoms with Crippen LogP contribution >= 0.6 is 12.4 Å².